The van der Waals surface area contributed by atoms with Gasteiger partial charge in [0.1, 0.15) is 0 Å². The van der Waals surface area contributed by atoms with Gasteiger partial charge in [-0.3, -0.25) is 0 Å². The normalized spacial score (nSPS) is 10.1. The van der Waals surface area contributed by atoms with Crippen molar-refractivity contribution in [2.75, 3.05) is 0 Å². The molecule has 0 spiro atoms. The number of rotatable bonds is 0. The summed E-state index contributed by atoms with van der Waals surface area (Å²) in [5.74, 6) is 0. The standard InChI is InChI=1S/C6H5.H3O4P.Zn/c1-2-4-6-5-3-1;1-5(2,3)4;/h1-5H;(H3,1,2,3,4);. The molecule has 63 valence electrons. The van der Waals surface area contributed by atoms with Gasteiger partial charge in [-0.1, -0.05) is 0 Å². The van der Waals surface area contributed by atoms with Crippen molar-refractivity contribution >= 4 is 12.0 Å². The van der Waals surface area contributed by atoms with Gasteiger partial charge < -0.3 is 14.7 Å². The Hall–Kier alpha value is -0.0466. The third-order valence-corrected chi connectivity index (χ3v) is 1.83. The summed E-state index contributed by atoms with van der Waals surface area (Å²) in [6.07, 6.45) is 0. The molecule has 0 bridgehead atoms. The molecule has 0 saturated heterocycles. The van der Waals surface area contributed by atoms with Crippen LogP contribution >= 0.6 is 7.82 Å². The Morgan fingerprint density at radius 3 is 1.58 bits per heavy atom. The minimum absolute atomic E-state index is 1.26. The van der Waals surface area contributed by atoms with Crippen LogP contribution in [0.1, 0.15) is 0 Å². The zero-order valence-electron chi connectivity index (χ0n) is 6.29. The zero-order valence-corrected chi connectivity index (χ0v) is 10.2. The second-order valence-electron chi connectivity index (χ2n) is 2.00. The van der Waals surface area contributed by atoms with Crippen LogP contribution in [0.4, 0.5) is 0 Å². The molecule has 0 aliphatic heterocycles. The third kappa shape index (κ3) is 12.6. The molecule has 0 fully saturated rings. The molecule has 1 aromatic rings. The second-order valence-corrected chi connectivity index (χ2v) is 4.74. The number of hydrogen-bond donors (Lipinski definition) is 3. The van der Waals surface area contributed by atoms with Gasteiger partial charge >= 0.3 is 60.6 Å². The summed E-state index contributed by atoms with van der Waals surface area (Å²) in [7, 11) is -4.64. The Labute approximate surface area is 80.2 Å². The predicted molar refractivity (Wildman–Crippen MR) is 40.3 cm³/mol. The minimum atomic E-state index is -4.64. The Morgan fingerprint density at radius 2 is 1.42 bits per heavy atom. The molecule has 0 heterocycles. The van der Waals surface area contributed by atoms with Crippen LogP contribution in [-0.2, 0) is 22.9 Å². The van der Waals surface area contributed by atoms with E-state index in [1.807, 2.05) is 6.07 Å². The second kappa shape index (κ2) is 5.57. The molecule has 1 aromatic carbocycles. The van der Waals surface area contributed by atoms with Gasteiger partial charge in [0.2, 0.25) is 0 Å². The average Bonchev–Trinajstić information content (AvgIpc) is 1.85. The van der Waals surface area contributed by atoms with Gasteiger partial charge in [0.05, 0.1) is 0 Å². The van der Waals surface area contributed by atoms with Crippen LogP contribution in [0.25, 0.3) is 0 Å². The first-order chi connectivity index (χ1) is 5.39. The van der Waals surface area contributed by atoms with E-state index in [1.165, 1.54) is 22.5 Å². The summed E-state index contributed by atoms with van der Waals surface area (Å²) in [6.45, 7) is 0. The van der Waals surface area contributed by atoms with E-state index in [4.69, 9.17) is 19.2 Å². The molecule has 0 atom stereocenters. The summed E-state index contributed by atoms with van der Waals surface area (Å²) < 4.78 is 10.3. The van der Waals surface area contributed by atoms with Crippen molar-refractivity contribution < 1.29 is 37.5 Å². The summed E-state index contributed by atoms with van der Waals surface area (Å²) >= 11 is 1.26. The van der Waals surface area contributed by atoms with Gasteiger partial charge in [-0.05, 0) is 0 Å². The van der Waals surface area contributed by atoms with Crippen molar-refractivity contribution in [2.24, 2.45) is 0 Å². The zero-order chi connectivity index (χ0) is 9.61. The van der Waals surface area contributed by atoms with Crippen molar-refractivity contribution in [1.29, 1.82) is 0 Å². The fourth-order valence-electron chi connectivity index (χ4n) is 0.478. The van der Waals surface area contributed by atoms with Crippen molar-refractivity contribution in [3.05, 3.63) is 30.3 Å². The first-order valence-corrected chi connectivity index (χ1v) is 6.10. The molecule has 0 radical (unpaired) electrons. The average molecular weight is 240 g/mol. The molecule has 0 aliphatic rings. The van der Waals surface area contributed by atoms with Gasteiger partial charge in [0.15, 0.2) is 0 Å². The maximum absolute atomic E-state index is 8.88. The van der Waals surface area contributed by atoms with Gasteiger partial charge in [-0.25, -0.2) is 4.57 Å². The van der Waals surface area contributed by atoms with E-state index < -0.39 is 7.82 Å². The molecule has 4 nitrogen and oxygen atoms in total. The van der Waals surface area contributed by atoms with Crippen LogP contribution in [-0.4, -0.2) is 14.7 Å². The topological polar surface area (TPSA) is 77.8 Å². The molecular formula is C6H8O4PZn. The number of hydrogen-bond acceptors (Lipinski definition) is 1. The fraction of sp³-hybridized carbons (Fsp3) is 0. The SMILES string of the molecule is O=P(O)(O)O.[Zn][c]1ccccc1. The summed E-state index contributed by atoms with van der Waals surface area (Å²) in [6, 6.07) is 10.5. The maximum atomic E-state index is 8.88. The molecule has 6 heteroatoms. The van der Waals surface area contributed by atoms with Crippen LogP contribution in [0.2, 0.25) is 0 Å². The molecule has 12 heavy (non-hydrogen) atoms. The van der Waals surface area contributed by atoms with Gasteiger partial charge in [-0.15, -0.1) is 0 Å². The fourth-order valence-corrected chi connectivity index (χ4v) is 1.05. The molecular weight excluding hydrogens is 232 g/mol. The van der Waals surface area contributed by atoms with E-state index in [9.17, 15) is 0 Å². The van der Waals surface area contributed by atoms with Crippen molar-refractivity contribution in [3.63, 3.8) is 0 Å². The van der Waals surface area contributed by atoms with Crippen LogP contribution < -0.4 is 4.16 Å². The predicted octanol–water partition coefficient (Wildman–Crippen LogP) is -0.0699. The Morgan fingerprint density at radius 1 is 1.08 bits per heavy atom. The van der Waals surface area contributed by atoms with E-state index in [1.54, 1.807) is 0 Å². The van der Waals surface area contributed by atoms with E-state index in [0.717, 1.165) is 0 Å². The summed E-state index contributed by atoms with van der Waals surface area (Å²) in [4.78, 5) is 21.6. The molecule has 0 saturated carbocycles. The number of phosphoric acid groups is 1. The van der Waals surface area contributed by atoms with Crippen molar-refractivity contribution in [3.8, 4) is 0 Å². The third-order valence-electron chi connectivity index (χ3n) is 0.843. The van der Waals surface area contributed by atoms with E-state index in [2.05, 4.69) is 24.3 Å². The number of benzene rings is 1. The quantitative estimate of drug-likeness (QED) is 0.438. The van der Waals surface area contributed by atoms with Crippen LogP contribution in [0, 0.1) is 0 Å². The first kappa shape index (κ1) is 12.0. The van der Waals surface area contributed by atoms with Crippen molar-refractivity contribution in [2.45, 2.75) is 0 Å². The van der Waals surface area contributed by atoms with Crippen LogP contribution in [0.3, 0.4) is 0 Å². The molecule has 1 rings (SSSR count). The van der Waals surface area contributed by atoms with Gasteiger partial charge in [0, 0.05) is 0 Å². The van der Waals surface area contributed by atoms with E-state index >= 15 is 0 Å². The molecule has 0 aliphatic carbocycles. The van der Waals surface area contributed by atoms with Crippen LogP contribution in [0.15, 0.2) is 30.3 Å². The Bertz CT molecular complexity index is 249. The molecule has 0 unspecified atom stereocenters. The van der Waals surface area contributed by atoms with Crippen LogP contribution in [0.5, 0.6) is 0 Å². The molecule has 3 N–H and O–H groups in total. The monoisotopic (exact) mass is 239 g/mol. The molecule has 0 amide bonds. The summed E-state index contributed by atoms with van der Waals surface area (Å²) in [5, 5.41) is 0. The summed E-state index contributed by atoms with van der Waals surface area (Å²) in [5.41, 5.74) is 0. The first-order valence-electron chi connectivity index (χ1n) is 3.05. The van der Waals surface area contributed by atoms with Crippen molar-refractivity contribution in [1.82, 2.24) is 0 Å². The van der Waals surface area contributed by atoms with Gasteiger partial charge in [-0.2, -0.15) is 0 Å². The Balaban J connectivity index is 0.000000217. The van der Waals surface area contributed by atoms with E-state index in [0.29, 0.717) is 0 Å². The van der Waals surface area contributed by atoms with Gasteiger partial charge in [0.25, 0.3) is 0 Å². The Kier molecular flexibility index (Phi) is 5.55. The van der Waals surface area contributed by atoms with E-state index in [-0.39, 0.29) is 0 Å². The molecule has 0 aromatic heterocycles.